The van der Waals surface area contributed by atoms with Crippen molar-refractivity contribution in [3.8, 4) is 0 Å². The van der Waals surface area contributed by atoms with Crippen LogP contribution in [0.2, 0.25) is 5.02 Å². The van der Waals surface area contributed by atoms with Crippen LogP contribution in [0.15, 0.2) is 30.9 Å². The van der Waals surface area contributed by atoms with Gasteiger partial charge in [0.25, 0.3) is 0 Å². The molecule has 2 N–H and O–H groups in total. The molecule has 0 aliphatic heterocycles. The maximum absolute atomic E-state index is 12.5. The van der Waals surface area contributed by atoms with Gasteiger partial charge in [-0.05, 0) is 30.5 Å². The van der Waals surface area contributed by atoms with Crippen LogP contribution in [-0.4, -0.2) is 0 Å². The summed E-state index contributed by atoms with van der Waals surface area (Å²) in [6.45, 7) is 3.56. The van der Waals surface area contributed by atoms with Crippen molar-refractivity contribution in [1.29, 1.82) is 0 Å². The Kier molecular flexibility index (Phi) is 6.74. The molecule has 1 atom stereocenters. The minimum atomic E-state index is -4.43. The summed E-state index contributed by atoms with van der Waals surface area (Å²) >= 11 is 5.60. The number of allylic oxidation sites excluding steroid dienone is 1. The van der Waals surface area contributed by atoms with Crippen molar-refractivity contribution in [2.24, 2.45) is 5.73 Å². The first-order chi connectivity index (χ1) is 7.86. The smallest absolute Gasteiger partial charge is 0.324 e. The number of halogens is 5. The van der Waals surface area contributed by atoms with E-state index in [0.29, 0.717) is 18.4 Å². The summed E-state index contributed by atoms with van der Waals surface area (Å²) < 4.78 is 37.4. The summed E-state index contributed by atoms with van der Waals surface area (Å²) in [5.74, 6) is 0. The fourth-order valence-electron chi connectivity index (χ4n) is 1.46. The molecule has 0 aromatic heterocycles. The van der Waals surface area contributed by atoms with Gasteiger partial charge in [0.2, 0.25) is 0 Å². The zero-order valence-electron chi connectivity index (χ0n) is 9.51. The SMILES string of the molecule is C=CCC[C@@H](N)c1ccc(C(F)(F)F)c(Cl)c1.Cl. The Balaban J connectivity index is 0.00000289. The van der Waals surface area contributed by atoms with Gasteiger partial charge in [-0.1, -0.05) is 23.7 Å². The van der Waals surface area contributed by atoms with Crippen molar-refractivity contribution in [3.05, 3.63) is 47.0 Å². The average molecular weight is 300 g/mol. The van der Waals surface area contributed by atoms with Crippen molar-refractivity contribution < 1.29 is 13.2 Å². The molecule has 0 radical (unpaired) electrons. The second-order valence-corrected chi connectivity index (χ2v) is 4.12. The molecule has 0 aliphatic carbocycles. The third kappa shape index (κ3) is 4.52. The molecule has 1 aromatic carbocycles. The van der Waals surface area contributed by atoms with Gasteiger partial charge in [-0.3, -0.25) is 0 Å². The number of benzene rings is 1. The first-order valence-corrected chi connectivity index (χ1v) is 5.47. The molecule has 0 aliphatic rings. The lowest BCUT2D eigenvalue weighted by Gasteiger charge is -2.14. The van der Waals surface area contributed by atoms with Gasteiger partial charge in [0, 0.05) is 6.04 Å². The molecule has 0 bridgehead atoms. The molecule has 0 spiro atoms. The number of hydrogen-bond donors (Lipinski definition) is 1. The van der Waals surface area contributed by atoms with Crippen LogP contribution in [-0.2, 0) is 6.18 Å². The monoisotopic (exact) mass is 299 g/mol. The number of hydrogen-bond acceptors (Lipinski definition) is 1. The predicted molar refractivity (Wildman–Crippen MR) is 70.1 cm³/mol. The summed E-state index contributed by atoms with van der Waals surface area (Å²) in [6, 6.07) is 3.28. The molecular formula is C12H14Cl2F3N. The molecule has 18 heavy (non-hydrogen) atoms. The van der Waals surface area contributed by atoms with E-state index in [4.69, 9.17) is 17.3 Å². The van der Waals surface area contributed by atoms with E-state index in [0.717, 1.165) is 6.07 Å². The Morgan fingerprint density at radius 1 is 1.39 bits per heavy atom. The largest absolute Gasteiger partial charge is 0.417 e. The molecule has 0 saturated carbocycles. The highest BCUT2D eigenvalue weighted by molar-refractivity contribution is 6.31. The van der Waals surface area contributed by atoms with Gasteiger partial charge in [-0.25, -0.2) is 0 Å². The van der Waals surface area contributed by atoms with Gasteiger partial charge in [0.15, 0.2) is 0 Å². The average Bonchev–Trinajstić information content (AvgIpc) is 2.23. The van der Waals surface area contributed by atoms with E-state index in [-0.39, 0.29) is 23.5 Å². The van der Waals surface area contributed by atoms with Crippen LogP contribution in [0, 0.1) is 0 Å². The third-order valence-corrected chi connectivity index (χ3v) is 2.72. The molecule has 102 valence electrons. The molecule has 1 nitrogen and oxygen atoms in total. The molecule has 0 fully saturated rings. The van der Waals surface area contributed by atoms with Gasteiger partial charge < -0.3 is 5.73 Å². The Bertz CT molecular complexity index is 405. The Morgan fingerprint density at radius 3 is 2.44 bits per heavy atom. The van der Waals surface area contributed by atoms with Gasteiger partial charge >= 0.3 is 6.18 Å². The Hall–Kier alpha value is -0.710. The van der Waals surface area contributed by atoms with Gasteiger partial charge in [0.05, 0.1) is 10.6 Å². The highest BCUT2D eigenvalue weighted by Crippen LogP contribution is 2.35. The minimum Gasteiger partial charge on any atom is -0.324 e. The fraction of sp³-hybridized carbons (Fsp3) is 0.333. The topological polar surface area (TPSA) is 26.0 Å². The van der Waals surface area contributed by atoms with Crippen molar-refractivity contribution in [1.82, 2.24) is 0 Å². The first kappa shape index (κ1) is 17.3. The zero-order chi connectivity index (χ0) is 13.1. The van der Waals surface area contributed by atoms with E-state index in [1.807, 2.05) is 0 Å². The van der Waals surface area contributed by atoms with Crippen LogP contribution in [0.4, 0.5) is 13.2 Å². The van der Waals surface area contributed by atoms with E-state index >= 15 is 0 Å². The Labute approximate surface area is 115 Å². The molecule has 0 saturated heterocycles. The van der Waals surface area contributed by atoms with Crippen LogP contribution >= 0.6 is 24.0 Å². The van der Waals surface area contributed by atoms with Crippen molar-refractivity contribution in [3.63, 3.8) is 0 Å². The van der Waals surface area contributed by atoms with E-state index in [1.54, 1.807) is 6.08 Å². The summed E-state index contributed by atoms with van der Waals surface area (Å²) in [5, 5.41) is -0.316. The highest BCUT2D eigenvalue weighted by Gasteiger charge is 2.33. The molecule has 0 unspecified atom stereocenters. The lowest BCUT2D eigenvalue weighted by molar-refractivity contribution is -0.137. The normalized spacial score (nSPS) is 12.7. The number of alkyl halides is 3. The summed E-state index contributed by atoms with van der Waals surface area (Å²) in [5.41, 5.74) is 5.59. The summed E-state index contributed by atoms with van der Waals surface area (Å²) in [4.78, 5) is 0. The highest BCUT2D eigenvalue weighted by atomic mass is 35.5. The number of rotatable bonds is 4. The van der Waals surface area contributed by atoms with E-state index in [1.165, 1.54) is 12.1 Å². The predicted octanol–water partition coefficient (Wildman–Crippen LogP) is 4.75. The van der Waals surface area contributed by atoms with Crippen molar-refractivity contribution in [2.45, 2.75) is 25.1 Å². The fourth-order valence-corrected chi connectivity index (χ4v) is 1.75. The lowest BCUT2D eigenvalue weighted by atomic mass is 10.0. The minimum absolute atomic E-state index is 0. The standard InChI is InChI=1S/C12H13ClF3N.ClH/c1-2-3-4-11(17)8-5-6-9(10(13)7-8)12(14,15)16;/h2,5-7,11H,1,3-4,17H2;1H/t11-;/m1./s1. The first-order valence-electron chi connectivity index (χ1n) is 5.09. The number of nitrogens with two attached hydrogens (primary N) is 1. The maximum Gasteiger partial charge on any atom is 0.417 e. The van der Waals surface area contributed by atoms with E-state index in [9.17, 15) is 13.2 Å². The molecule has 1 aromatic rings. The molecule has 0 amide bonds. The van der Waals surface area contributed by atoms with Crippen LogP contribution in [0.5, 0.6) is 0 Å². The third-order valence-electron chi connectivity index (χ3n) is 2.41. The molecular weight excluding hydrogens is 286 g/mol. The van der Waals surface area contributed by atoms with Crippen molar-refractivity contribution >= 4 is 24.0 Å². The zero-order valence-corrected chi connectivity index (χ0v) is 11.1. The second kappa shape index (κ2) is 7.02. The van der Waals surface area contributed by atoms with E-state index < -0.39 is 11.7 Å². The lowest BCUT2D eigenvalue weighted by Crippen LogP contribution is -2.11. The molecule has 0 heterocycles. The van der Waals surface area contributed by atoms with Crippen molar-refractivity contribution in [2.75, 3.05) is 0 Å². The summed E-state index contributed by atoms with van der Waals surface area (Å²) in [7, 11) is 0. The van der Waals surface area contributed by atoms with Gasteiger partial charge in [0.1, 0.15) is 0 Å². The maximum atomic E-state index is 12.5. The van der Waals surface area contributed by atoms with Gasteiger partial charge in [-0.15, -0.1) is 19.0 Å². The van der Waals surface area contributed by atoms with Crippen LogP contribution in [0.1, 0.15) is 30.0 Å². The van der Waals surface area contributed by atoms with Gasteiger partial charge in [-0.2, -0.15) is 13.2 Å². The molecule has 6 heteroatoms. The quantitative estimate of drug-likeness (QED) is 0.798. The van der Waals surface area contributed by atoms with E-state index in [2.05, 4.69) is 6.58 Å². The van der Waals surface area contributed by atoms with Crippen LogP contribution < -0.4 is 5.73 Å². The second-order valence-electron chi connectivity index (χ2n) is 3.71. The summed E-state index contributed by atoms with van der Waals surface area (Å²) in [6.07, 6.45) is -1.38. The molecule has 1 rings (SSSR count). The van der Waals surface area contributed by atoms with Crippen LogP contribution in [0.25, 0.3) is 0 Å². The van der Waals surface area contributed by atoms with Crippen LogP contribution in [0.3, 0.4) is 0 Å². The Morgan fingerprint density at radius 2 is 2.00 bits per heavy atom.